The fourth-order valence-corrected chi connectivity index (χ4v) is 13.6. The van der Waals surface area contributed by atoms with Gasteiger partial charge >= 0.3 is 11.9 Å². The van der Waals surface area contributed by atoms with E-state index in [1.165, 1.54) is 58.3 Å². The van der Waals surface area contributed by atoms with Gasteiger partial charge in [-0.05, 0) is 176 Å². The molecule has 17 nitrogen and oxygen atoms in total. The molecular weight excluding hydrogens is 1320 g/mol. The molecule has 105 heavy (non-hydrogen) atoms. The standard InChI is InChI=1S/C88H58N4O13/c1-89(81(93)67-43-45-69-77-71(47-49-73(79(67)77)87(99)104-61-27-11-5-12-28-61)85(97)91(83(69)95)57-35-41-65(53-19-15-16-20-53)75(51-57)102-59-23-7-3-8-24-59)55-31-37-63(38-32-55)101-64-39-33-56(34-40-64)90(2)82(94)68-44-46-70-78-72(48-50-74(80(68)78)88(100)105-62-29-13-6-14-30-62)86(98)92(84(70)96)58-36-42-66(54-21-17-18-22-54)76(52-58)103-60-25-9-4-10-26-60/h3-21,23-53H,22H2,1-2H3. The number of esters is 2. The second kappa shape index (κ2) is 27.3. The molecule has 0 aromatic heterocycles. The van der Waals surface area contributed by atoms with Gasteiger partial charge in [-0.2, -0.15) is 0 Å². The summed E-state index contributed by atoms with van der Waals surface area (Å²) in [6, 6.07) is 70.6. The number of hydrogen-bond acceptors (Lipinski definition) is 13. The Morgan fingerprint density at radius 1 is 0.362 bits per heavy atom. The third-order valence-corrected chi connectivity index (χ3v) is 18.8. The van der Waals surface area contributed by atoms with E-state index >= 15 is 9.59 Å². The third kappa shape index (κ3) is 12.2. The van der Waals surface area contributed by atoms with Crippen LogP contribution in [0.5, 0.6) is 46.0 Å². The van der Waals surface area contributed by atoms with Gasteiger partial charge in [0.2, 0.25) is 0 Å². The molecule has 12 aromatic carbocycles. The highest BCUT2D eigenvalue weighted by molar-refractivity contribution is 6.39. The average Bonchev–Trinajstić information content (AvgIpc) is 1.38. The molecule has 0 unspecified atom stereocenters. The summed E-state index contributed by atoms with van der Waals surface area (Å²) in [4.78, 5) is 124. The van der Waals surface area contributed by atoms with Crippen molar-refractivity contribution in [1.82, 2.24) is 0 Å². The van der Waals surface area contributed by atoms with E-state index in [4.69, 9.17) is 23.7 Å². The van der Waals surface area contributed by atoms with Gasteiger partial charge in [0, 0.05) is 110 Å². The number of nitrogens with zero attached hydrogens (tertiary/aromatic N) is 4. The largest absolute Gasteiger partial charge is 0.457 e. The first-order valence-electron chi connectivity index (χ1n) is 33.6. The van der Waals surface area contributed by atoms with Crippen molar-refractivity contribution in [3.05, 3.63) is 353 Å². The third-order valence-electron chi connectivity index (χ3n) is 18.8. The fraction of sp³-hybridized carbons (Fsp3) is 0.0455. The van der Waals surface area contributed by atoms with E-state index in [9.17, 15) is 28.8 Å². The fourth-order valence-electron chi connectivity index (χ4n) is 13.6. The Bertz CT molecular complexity index is 5700. The van der Waals surface area contributed by atoms with Gasteiger partial charge in [-0.1, -0.05) is 121 Å². The topological polar surface area (TPSA) is 196 Å². The van der Waals surface area contributed by atoms with Gasteiger partial charge < -0.3 is 33.5 Å². The predicted molar refractivity (Wildman–Crippen MR) is 400 cm³/mol. The summed E-state index contributed by atoms with van der Waals surface area (Å²) in [6.07, 6.45) is 14.5. The second-order valence-electron chi connectivity index (χ2n) is 25.1. The van der Waals surface area contributed by atoms with Crippen LogP contribution in [0.2, 0.25) is 0 Å². The molecule has 0 atom stereocenters. The Kier molecular flexibility index (Phi) is 17.0. The quantitative estimate of drug-likeness (QED) is 0.0447. The number of benzene rings is 12. The highest BCUT2D eigenvalue weighted by atomic mass is 16.5. The summed E-state index contributed by atoms with van der Waals surface area (Å²) in [5, 5.41) is 0.325. The Hall–Kier alpha value is -14.3. The lowest BCUT2D eigenvalue weighted by Gasteiger charge is -2.29. The Labute approximate surface area is 601 Å². The van der Waals surface area contributed by atoms with Crippen LogP contribution in [-0.2, 0) is 0 Å². The highest BCUT2D eigenvalue weighted by Crippen LogP contribution is 2.45. The molecule has 16 rings (SSSR count). The van der Waals surface area contributed by atoms with E-state index in [1.54, 1.807) is 148 Å². The van der Waals surface area contributed by atoms with Crippen molar-refractivity contribution in [2.45, 2.75) is 12.3 Å². The van der Waals surface area contributed by atoms with Gasteiger partial charge in [0.05, 0.1) is 22.5 Å². The lowest BCUT2D eigenvalue weighted by molar-refractivity contribution is 0.0727. The number of ether oxygens (including phenoxy) is 5. The maximum atomic E-state index is 15.1. The first-order chi connectivity index (χ1) is 51.2. The zero-order chi connectivity index (χ0) is 72.0. The normalized spacial score (nSPS) is 13.5. The van der Waals surface area contributed by atoms with Crippen LogP contribution < -0.4 is 43.3 Å². The van der Waals surface area contributed by atoms with Crippen molar-refractivity contribution in [3.8, 4) is 46.0 Å². The molecular formula is C88H58N4O13. The molecule has 2 aliphatic heterocycles. The average molecular weight is 1380 g/mol. The van der Waals surface area contributed by atoms with E-state index < -0.39 is 47.4 Å². The number of amides is 6. The van der Waals surface area contributed by atoms with Crippen molar-refractivity contribution < 1.29 is 62.0 Å². The van der Waals surface area contributed by atoms with Gasteiger partial charge in [-0.15, -0.1) is 0 Å². The van der Waals surface area contributed by atoms with Gasteiger partial charge in [0.25, 0.3) is 35.4 Å². The van der Waals surface area contributed by atoms with Crippen LogP contribution in [0.4, 0.5) is 22.7 Å². The zero-order valence-corrected chi connectivity index (χ0v) is 56.2. The molecule has 0 fully saturated rings. The minimum absolute atomic E-state index is 0.0150. The van der Waals surface area contributed by atoms with Crippen LogP contribution in [-0.4, -0.2) is 61.5 Å². The summed E-state index contributed by atoms with van der Waals surface area (Å²) in [7, 11) is 3.11. The SMILES string of the molecule is CN(C(=O)c1ccc2c3c(ccc(C(=O)Oc4ccccc4)c13)C(=O)N(c1ccc(C3=CC=CC3)c(Oc3ccccc3)c1)C2=O)c1ccc(Oc2ccc(N(C)C(=O)c3ccc4c5c(ccc(C(=O)Oc6ccccc6)c35)C(=O)N(c3ccc(C5C=CC=C5)c(Oc5ccccc5)c3)C4=O)cc2)cc1. The molecule has 0 spiro atoms. The monoisotopic (exact) mass is 1380 g/mol. The lowest BCUT2D eigenvalue weighted by atomic mass is 9.87. The number of carbonyl (C=O) groups is 8. The predicted octanol–water partition coefficient (Wildman–Crippen LogP) is 18.5. The lowest BCUT2D eigenvalue weighted by Crippen LogP contribution is -2.41. The number of para-hydroxylation sites is 4. The number of carbonyl (C=O) groups excluding carboxylic acids is 8. The Balaban J connectivity index is 0.662. The van der Waals surface area contributed by atoms with Crippen LogP contribution in [0.3, 0.4) is 0 Å². The first kappa shape index (κ1) is 65.3. The molecule has 0 saturated carbocycles. The van der Waals surface area contributed by atoms with Crippen LogP contribution in [0.25, 0.3) is 27.1 Å². The molecule has 508 valence electrons. The molecule has 2 aliphatic carbocycles. The van der Waals surface area contributed by atoms with Crippen molar-refractivity contribution in [3.63, 3.8) is 0 Å². The first-order valence-corrected chi connectivity index (χ1v) is 33.6. The van der Waals surface area contributed by atoms with Gasteiger partial charge in [0.15, 0.2) is 0 Å². The molecule has 0 radical (unpaired) electrons. The summed E-state index contributed by atoms with van der Waals surface area (Å²) >= 11 is 0. The number of hydrogen-bond donors (Lipinski definition) is 0. The highest BCUT2D eigenvalue weighted by Gasteiger charge is 2.40. The smallest absolute Gasteiger partial charge is 0.344 e. The number of anilines is 4. The maximum Gasteiger partial charge on any atom is 0.344 e. The van der Waals surface area contributed by atoms with E-state index in [0.29, 0.717) is 52.3 Å². The molecule has 0 N–H and O–H groups in total. The van der Waals surface area contributed by atoms with Gasteiger partial charge in [-0.3, -0.25) is 28.8 Å². The molecule has 0 saturated heterocycles. The zero-order valence-electron chi connectivity index (χ0n) is 56.2. The van der Waals surface area contributed by atoms with Crippen LogP contribution in [0.1, 0.15) is 106 Å². The Morgan fingerprint density at radius 3 is 1.15 bits per heavy atom. The minimum atomic E-state index is -0.821. The molecule has 0 bridgehead atoms. The molecule has 12 aromatic rings. The second-order valence-corrected chi connectivity index (χ2v) is 25.1. The number of rotatable bonds is 18. The van der Waals surface area contributed by atoms with Gasteiger partial charge in [-0.25, -0.2) is 19.4 Å². The number of allylic oxidation sites excluding steroid dienone is 8. The summed E-state index contributed by atoms with van der Waals surface area (Å²) in [5.41, 5.74) is 4.15. The van der Waals surface area contributed by atoms with E-state index in [0.717, 1.165) is 26.5 Å². The molecule has 17 heteroatoms. The summed E-state index contributed by atoms with van der Waals surface area (Å²) in [5.74, 6) is -2.43. The van der Waals surface area contributed by atoms with Crippen molar-refractivity contribution >= 4 is 97.2 Å². The summed E-state index contributed by atoms with van der Waals surface area (Å²) < 4.78 is 30.8. The van der Waals surface area contributed by atoms with Crippen molar-refractivity contribution in [2.24, 2.45) is 0 Å². The molecule has 6 amide bonds. The number of imide groups is 2. The summed E-state index contributed by atoms with van der Waals surface area (Å²) in [6.45, 7) is 0. The van der Waals surface area contributed by atoms with Gasteiger partial charge in [0.1, 0.15) is 46.0 Å². The minimum Gasteiger partial charge on any atom is -0.457 e. The molecule has 2 heterocycles. The maximum absolute atomic E-state index is 15.1. The van der Waals surface area contributed by atoms with E-state index in [2.05, 4.69) is 0 Å². The van der Waals surface area contributed by atoms with Crippen LogP contribution in [0.15, 0.2) is 297 Å². The van der Waals surface area contributed by atoms with Crippen LogP contribution >= 0.6 is 0 Å². The molecule has 4 aliphatic rings. The van der Waals surface area contributed by atoms with Crippen molar-refractivity contribution in [2.75, 3.05) is 33.7 Å². The van der Waals surface area contributed by atoms with E-state index in [-0.39, 0.29) is 94.8 Å². The van der Waals surface area contributed by atoms with Crippen molar-refractivity contribution in [1.29, 1.82) is 0 Å². The van der Waals surface area contributed by atoms with Crippen LogP contribution in [0, 0.1) is 0 Å². The Morgan fingerprint density at radius 2 is 0.733 bits per heavy atom. The van der Waals surface area contributed by atoms with E-state index in [1.807, 2.05) is 115 Å².